The molecule has 1 saturated heterocycles. The number of benzene rings is 1. The number of rotatable bonds is 5. The topological polar surface area (TPSA) is 72.5 Å². The van der Waals surface area contributed by atoms with E-state index in [1.165, 1.54) is 25.5 Å². The fraction of sp³-hybridized carbons (Fsp3) is 0.588. The molecular weight excluding hydrogens is 333 g/mol. The SMILES string of the molecule is COC(=O)[C@@]1(CC(C)C)C[C@H](S(C)(=O)=O)[C@@H](c2ccc(F)cc2)N1. The summed E-state index contributed by atoms with van der Waals surface area (Å²) in [6.07, 6.45) is 1.76. The molecule has 134 valence electrons. The zero-order chi connectivity index (χ0) is 18.1. The van der Waals surface area contributed by atoms with E-state index in [4.69, 9.17) is 4.74 Å². The first-order chi connectivity index (χ1) is 11.1. The number of hydrogen-bond donors (Lipinski definition) is 1. The zero-order valence-corrected chi connectivity index (χ0v) is 15.2. The number of halogens is 1. The molecule has 1 aliphatic rings. The van der Waals surface area contributed by atoms with Crippen molar-refractivity contribution in [2.24, 2.45) is 5.92 Å². The number of ether oxygens (including phenoxy) is 1. The van der Waals surface area contributed by atoms with Crippen LogP contribution in [0.25, 0.3) is 0 Å². The molecular formula is C17H24FNO4S. The summed E-state index contributed by atoms with van der Waals surface area (Å²) in [5, 5.41) is 2.43. The van der Waals surface area contributed by atoms with Crippen molar-refractivity contribution in [2.75, 3.05) is 13.4 Å². The highest BCUT2D eigenvalue weighted by Gasteiger charge is 2.54. The molecule has 1 heterocycles. The second kappa shape index (κ2) is 6.80. The molecule has 0 radical (unpaired) electrons. The third kappa shape index (κ3) is 3.78. The van der Waals surface area contributed by atoms with E-state index < -0.39 is 38.5 Å². The van der Waals surface area contributed by atoms with Crippen molar-refractivity contribution in [2.45, 2.75) is 43.5 Å². The number of esters is 1. The third-order valence-corrected chi connectivity index (χ3v) is 6.00. The second-order valence-electron chi connectivity index (χ2n) is 6.92. The summed E-state index contributed by atoms with van der Waals surface area (Å²) < 4.78 is 42.8. The summed E-state index contributed by atoms with van der Waals surface area (Å²) in [6, 6.07) is 5.09. The lowest BCUT2D eigenvalue weighted by molar-refractivity contribution is -0.148. The molecule has 1 aromatic rings. The highest BCUT2D eigenvalue weighted by molar-refractivity contribution is 7.91. The molecule has 1 N–H and O–H groups in total. The van der Waals surface area contributed by atoms with E-state index >= 15 is 0 Å². The van der Waals surface area contributed by atoms with Gasteiger partial charge in [-0.3, -0.25) is 10.1 Å². The minimum atomic E-state index is -3.42. The van der Waals surface area contributed by atoms with Crippen molar-refractivity contribution in [1.29, 1.82) is 0 Å². The number of sulfone groups is 1. The molecule has 3 atom stereocenters. The van der Waals surface area contributed by atoms with Gasteiger partial charge in [-0.05, 0) is 36.5 Å². The van der Waals surface area contributed by atoms with Crippen LogP contribution in [-0.4, -0.2) is 38.5 Å². The van der Waals surface area contributed by atoms with Crippen molar-refractivity contribution in [3.63, 3.8) is 0 Å². The summed E-state index contributed by atoms with van der Waals surface area (Å²) in [5.74, 6) is -0.688. The van der Waals surface area contributed by atoms with Crippen molar-refractivity contribution in [3.8, 4) is 0 Å². The van der Waals surface area contributed by atoms with Crippen LogP contribution in [0.2, 0.25) is 0 Å². The molecule has 0 bridgehead atoms. The molecule has 1 aromatic carbocycles. The largest absolute Gasteiger partial charge is 0.468 e. The Morgan fingerprint density at radius 1 is 1.38 bits per heavy atom. The van der Waals surface area contributed by atoms with Crippen molar-refractivity contribution in [3.05, 3.63) is 35.6 Å². The molecule has 0 aromatic heterocycles. The van der Waals surface area contributed by atoms with Crippen LogP contribution in [0.15, 0.2) is 24.3 Å². The Hall–Kier alpha value is -1.47. The van der Waals surface area contributed by atoms with Gasteiger partial charge in [0.1, 0.15) is 11.4 Å². The van der Waals surface area contributed by atoms with E-state index in [-0.39, 0.29) is 12.3 Å². The summed E-state index contributed by atoms with van der Waals surface area (Å²) in [5.41, 5.74) is -0.420. The summed E-state index contributed by atoms with van der Waals surface area (Å²) in [6.45, 7) is 3.93. The normalized spacial score (nSPS) is 27.4. The Labute approximate surface area is 142 Å². The monoisotopic (exact) mass is 357 g/mol. The average molecular weight is 357 g/mol. The van der Waals surface area contributed by atoms with Crippen LogP contribution in [0.5, 0.6) is 0 Å². The molecule has 7 heteroatoms. The fourth-order valence-corrected chi connectivity index (χ4v) is 4.84. The van der Waals surface area contributed by atoms with E-state index in [9.17, 15) is 17.6 Å². The van der Waals surface area contributed by atoms with Gasteiger partial charge in [0.2, 0.25) is 0 Å². The van der Waals surface area contributed by atoms with Crippen LogP contribution in [-0.2, 0) is 19.4 Å². The number of hydrogen-bond acceptors (Lipinski definition) is 5. The van der Waals surface area contributed by atoms with Gasteiger partial charge in [0, 0.05) is 12.3 Å². The molecule has 2 rings (SSSR count). The smallest absolute Gasteiger partial charge is 0.326 e. The van der Waals surface area contributed by atoms with Crippen LogP contribution in [0.3, 0.4) is 0 Å². The maximum Gasteiger partial charge on any atom is 0.326 e. The van der Waals surface area contributed by atoms with Crippen LogP contribution in [0, 0.1) is 11.7 Å². The molecule has 0 saturated carbocycles. The third-order valence-electron chi connectivity index (χ3n) is 4.47. The summed E-state index contributed by atoms with van der Waals surface area (Å²) >= 11 is 0. The van der Waals surface area contributed by atoms with Crippen molar-refractivity contribution >= 4 is 15.8 Å². The molecule has 5 nitrogen and oxygen atoms in total. The Morgan fingerprint density at radius 2 is 1.96 bits per heavy atom. The number of carbonyl (C=O) groups excluding carboxylic acids is 1. The molecule has 0 spiro atoms. The van der Waals surface area contributed by atoms with E-state index in [0.29, 0.717) is 12.0 Å². The fourth-order valence-electron chi connectivity index (χ4n) is 3.54. The Bertz CT molecular complexity index is 702. The first kappa shape index (κ1) is 18.9. The first-order valence-electron chi connectivity index (χ1n) is 7.89. The van der Waals surface area contributed by atoms with Gasteiger partial charge in [0.15, 0.2) is 9.84 Å². The Balaban J connectivity index is 2.48. The van der Waals surface area contributed by atoms with E-state index in [2.05, 4.69) is 5.32 Å². The van der Waals surface area contributed by atoms with Crippen LogP contribution >= 0.6 is 0 Å². The van der Waals surface area contributed by atoms with Crippen molar-refractivity contribution in [1.82, 2.24) is 5.32 Å². The second-order valence-corrected chi connectivity index (χ2v) is 9.18. The van der Waals surface area contributed by atoms with Gasteiger partial charge in [-0.15, -0.1) is 0 Å². The first-order valence-corrected chi connectivity index (χ1v) is 9.85. The minimum Gasteiger partial charge on any atom is -0.468 e. The van der Waals surface area contributed by atoms with Gasteiger partial charge in [-0.25, -0.2) is 12.8 Å². The minimum absolute atomic E-state index is 0.138. The maximum absolute atomic E-state index is 13.2. The average Bonchev–Trinajstić information content (AvgIpc) is 2.87. The summed E-state index contributed by atoms with van der Waals surface area (Å²) in [7, 11) is -2.12. The molecule has 24 heavy (non-hydrogen) atoms. The van der Waals surface area contributed by atoms with E-state index in [1.54, 1.807) is 12.1 Å². The highest BCUT2D eigenvalue weighted by atomic mass is 32.2. The van der Waals surface area contributed by atoms with E-state index in [1.807, 2.05) is 13.8 Å². The zero-order valence-electron chi connectivity index (χ0n) is 14.4. The maximum atomic E-state index is 13.2. The number of nitrogens with one attached hydrogen (secondary N) is 1. The van der Waals surface area contributed by atoms with Gasteiger partial charge in [0.25, 0.3) is 0 Å². The molecule has 0 unspecified atom stereocenters. The lowest BCUT2D eigenvalue weighted by Crippen LogP contribution is -2.49. The highest BCUT2D eigenvalue weighted by Crippen LogP contribution is 2.41. The van der Waals surface area contributed by atoms with Gasteiger partial charge in [0.05, 0.1) is 12.4 Å². The standard InChI is InChI=1S/C17H24FNO4S/c1-11(2)9-17(16(20)23-3)10-14(24(4,21)22)15(19-17)12-5-7-13(18)8-6-12/h5-8,11,14-15,19H,9-10H2,1-4H3/t14-,15+,17+/m0/s1. The van der Waals surface area contributed by atoms with E-state index in [0.717, 1.165) is 0 Å². The molecule has 0 aliphatic carbocycles. The molecule has 1 fully saturated rings. The van der Waals surface area contributed by atoms with Crippen LogP contribution in [0.4, 0.5) is 4.39 Å². The summed E-state index contributed by atoms with van der Waals surface area (Å²) in [4.78, 5) is 12.4. The van der Waals surface area contributed by atoms with Gasteiger partial charge < -0.3 is 4.74 Å². The molecule has 1 aliphatic heterocycles. The predicted molar refractivity (Wildman–Crippen MR) is 89.7 cm³/mol. The Kier molecular flexibility index (Phi) is 5.34. The molecule has 0 amide bonds. The van der Waals surface area contributed by atoms with Gasteiger partial charge >= 0.3 is 5.97 Å². The van der Waals surface area contributed by atoms with Gasteiger partial charge in [-0.2, -0.15) is 0 Å². The predicted octanol–water partition coefficient (Wildman–Crippen LogP) is 2.23. The number of methoxy groups -OCH3 is 1. The lowest BCUT2D eigenvalue weighted by Gasteiger charge is -2.29. The quantitative estimate of drug-likeness (QED) is 0.818. The van der Waals surface area contributed by atoms with Crippen LogP contribution in [0.1, 0.15) is 38.3 Å². The van der Waals surface area contributed by atoms with Gasteiger partial charge in [-0.1, -0.05) is 26.0 Å². The lowest BCUT2D eigenvalue weighted by atomic mass is 9.87. The Morgan fingerprint density at radius 3 is 2.42 bits per heavy atom. The van der Waals surface area contributed by atoms with Crippen molar-refractivity contribution < 1.29 is 22.3 Å². The number of carbonyl (C=O) groups is 1. The van der Waals surface area contributed by atoms with Crippen LogP contribution < -0.4 is 5.32 Å².